The van der Waals surface area contributed by atoms with Gasteiger partial charge in [-0.05, 0) is 61.2 Å². The Morgan fingerprint density at radius 3 is 1.85 bits per heavy atom. The highest BCUT2D eigenvalue weighted by Gasteiger charge is 2.05. The Labute approximate surface area is 206 Å². The van der Waals surface area contributed by atoms with Crippen LogP contribution < -0.4 is 4.74 Å². The summed E-state index contributed by atoms with van der Waals surface area (Å²) in [6.07, 6.45) is 20.9. The van der Waals surface area contributed by atoms with Crippen molar-refractivity contribution in [1.29, 1.82) is 0 Å². The van der Waals surface area contributed by atoms with Crippen molar-refractivity contribution >= 4 is 0 Å². The Morgan fingerprint density at radius 1 is 0.588 bits per heavy atom. The number of rotatable bonds is 16. The Hall–Kier alpha value is -2.75. The average Bonchev–Trinajstić information content (AvgIpc) is 2.89. The zero-order valence-corrected chi connectivity index (χ0v) is 21.1. The predicted octanol–water partition coefficient (Wildman–Crippen LogP) is 8.46. The van der Waals surface area contributed by atoms with Crippen molar-refractivity contribution in [1.82, 2.24) is 15.0 Å². The van der Waals surface area contributed by atoms with E-state index in [9.17, 15) is 0 Å². The third kappa shape index (κ3) is 8.89. The monoisotopic (exact) mass is 459 g/mol. The van der Waals surface area contributed by atoms with Gasteiger partial charge in [-0.1, -0.05) is 71.6 Å². The number of ether oxygens (including phenoxy) is 1. The van der Waals surface area contributed by atoms with Crippen LogP contribution in [0.3, 0.4) is 0 Å². The van der Waals surface area contributed by atoms with E-state index in [-0.39, 0.29) is 0 Å². The summed E-state index contributed by atoms with van der Waals surface area (Å²) in [6, 6.07) is 12.3. The third-order valence-corrected chi connectivity index (χ3v) is 6.21. The summed E-state index contributed by atoms with van der Waals surface area (Å²) in [6.45, 7) is 5.28. The number of aromatic nitrogens is 3. The molecule has 4 heteroatoms. The van der Waals surface area contributed by atoms with Crippen molar-refractivity contribution in [2.24, 2.45) is 0 Å². The Morgan fingerprint density at radius 2 is 1.21 bits per heavy atom. The number of pyridine rings is 1. The minimum absolute atomic E-state index is 0.730. The smallest absolute Gasteiger partial charge is 0.160 e. The predicted molar refractivity (Wildman–Crippen MR) is 142 cm³/mol. The molecule has 0 aliphatic carbocycles. The number of nitrogens with zero attached hydrogens (tertiary/aromatic N) is 3. The Balaban J connectivity index is 1.46. The molecule has 2 heterocycles. The molecule has 0 spiro atoms. The van der Waals surface area contributed by atoms with Crippen LogP contribution in [0.15, 0.2) is 55.0 Å². The first kappa shape index (κ1) is 25.9. The average molecular weight is 460 g/mol. The molecule has 0 unspecified atom stereocenters. The van der Waals surface area contributed by atoms with Crippen LogP contribution in [0.2, 0.25) is 0 Å². The zero-order valence-electron chi connectivity index (χ0n) is 21.1. The number of hydrogen-bond acceptors (Lipinski definition) is 4. The molecule has 34 heavy (non-hydrogen) atoms. The van der Waals surface area contributed by atoms with Crippen LogP contribution in [0, 0.1) is 0 Å². The highest BCUT2D eigenvalue weighted by atomic mass is 16.5. The van der Waals surface area contributed by atoms with Crippen molar-refractivity contribution in [2.75, 3.05) is 6.61 Å². The molecule has 0 aliphatic heterocycles. The van der Waals surface area contributed by atoms with E-state index >= 15 is 0 Å². The van der Waals surface area contributed by atoms with E-state index in [4.69, 9.17) is 4.74 Å². The molecule has 0 saturated heterocycles. The van der Waals surface area contributed by atoms with Crippen LogP contribution in [0.5, 0.6) is 5.75 Å². The fraction of sp³-hybridized carbons (Fsp3) is 0.500. The first-order valence-electron chi connectivity index (χ1n) is 13.3. The van der Waals surface area contributed by atoms with Crippen molar-refractivity contribution in [3.05, 3.63) is 60.6 Å². The molecule has 0 N–H and O–H groups in total. The largest absolute Gasteiger partial charge is 0.494 e. The summed E-state index contributed by atoms with van der Waals surface area (Å²) in [5.41, 5.74) is 4.18. The highest BCUT2D eigenvalue weighted by molar-refractivity contribution is 5.63. The fourth-order valence-corrected chi connectivity index (χ4v) is 4.06. The maximum absolute atomic E-state index is 5.87. The highest BCUT2D eigenvalue weighted by Crippen LogP contribution is 2.23. The quantitative estimate of drug-likeness (QED) is 0.202. The van der Waals surface area contributed by atoms with Crippen molar-refractivity contribution in [3.63, 3.8) is 0 Å². The van der Waals surface area contributed by atoms with E-state index in [0.29, 0.717) is 0 Å². The van der Waals surface area contributed by atoms with Crippen LogP contribution in [0.1, 0.15) is 90.0 Å². The fourth-order valence-electron chi connectivity index (χ4n) is 4.06. The molecule has 0 aliphatic rings. The SMILES string of the molecule is CCCCCCCCc1cnc(-c2ccc(-c3ccc(OCCCCCCC)cc3)nc2)nc1. The molecule has 0 saturated carbocycles. The standard InChI is InChI=1S/C30H41N3O/c1-3-5-7-9-10-12-14-25-22-32-30(33-23-25)27-17-20-29(31-24-27)26-15-18-28(19-16-26)34-21-13-11-8-6-4-2/h15-20,22-24H,3-14,21H2,1-2H3. The lowest BCUT2D eigenvalue weighted by Crippen LogP contribution is -1.97. The maximum Gasteiger partial charge on any atom is 0.160 e. The lowest BCUT2D eigenvalue weighted by molar-refractivity contribution is 0.304. The number of hydrogen-bond donors (Lipinski definition) is 0. The Kier molecular flexibility index (Phi) is 11.6. The third-order valence-electron chi connectivity index (χ3n) is 6.21. The van der Waals surface area contributed by atoms with Gasteiger partial charge in [0.15, 0.2) is 5.82 Å². The van der Waals surface area contributed by atoms with E-state index in [1.54, 1.807) is 0 Å². The van der Waals surface area contributed by atoms with Gasteiger partial charge in [0, 0.05) is 29.7 Å². The topological polar surface area (TPSA) is 47.9 Å². The molecule has 182 valence electrons. The van der Waals surface area contributed by atoms with Gasteiger partial charge < -0.3 is 4.74 Å². The number of unbranched alkanes of at least 4 members (excludes halogenated alkanes) is 9. The molecule has 1 aromatic carbocycles. The van der Waals surface area contributed by atoms with E-state index in [2.05, 4.69) is 40.9 Å². The summed E-state index contributed by atoms with van der Waals surface area (Å²) in [5, 5.41) is 0. The first-order valence-corrected chi connectivity index (χ1v) is 13.3. The zero-order chi connectivity index (χ0) is 23.8. The molecule has 0 atom stereocenters. The number of benzene rings is 1. The van der Waals surface area contributed by atoms with E-state index in [0.717, 1.165) is 47.8 Å². The van der Waals surface area contributed by atoms with Crippen LogP contribution in [0.4, 0.5) is 0 Å². The van der Waals surface area contributed by atoms with E-state index in [1.165, 1.54) is 69.8 Å². The molecular formula is C30H41N3O. The summed E-state index contributed by atoms with van der Waals surface area (Å²) in [4.78, 5) is 13.8. The molecule has 2 aromatic heterocycles. The van der Waals surface area contributed by atoms with Gasteiger partial charge in [-0.25, -0.2) is 9.97 Å². The lowest BCUT2D eigenvalue weighted by Gasteiger charge is -2.08. The summed E-state index contributed by atoms with van der Waals surface area (Å²) >= 11 is 0. The summed E-state index contributed by atoms with van der Waals surface area (Å²) in [7, 11) is 0. The van der Waals surface area contributed by atoms with Gasteiger partial charge in [0.2, 0.25) is 0 Å². The van der Waals surface area contributed by atoms with Gasteiger partial charge in [-0.15, -0.1) is 0 Å². The van der Waals surface area contributed by atoms with Crippen LogP contribution in [-0.2, 0) is 6.42 Å². The lowest BCUT2D eigenvalue weighted by atomic mass is 10.1. The second-order valence-corrected chi connectivity index (χ2v) is 9.15. The van der Waals surface area contributed by atoms with Crippen molar-refractivity contribution in [2.45, 2.75) is 90.9 Å². The first-order chi connectivity index (χ1) is 16.8. The van der Waals surface area contributed by atoms with E-state index < -0.39 is 0 Å². The van der Waals surface area contributed by atoms with Crippen molar-refractivity contribution in [3.8, 4) is 28.4 Å². The molecular weight excluding hydrogens is 418 g/mol. The van der Waals surface area contributed by atoms with Crippen LogP contribution in [0.25, 0.3) is 22.6 Å². The van der Waals surface area contributed by atoms with Gasteiger partial charge in [0.25, 0.3) is 0 Å². The molecule has 0 amide bonds. The Bertz CT molecular complexity index is 842. The molecule has 0 bridgehead atoms. The second-order valence-electron chi connectivity index (χ2n) is 9.15. The minimum Gasteiger partial charge on any atom is -0.494 e. The minimum atomic E-state index is 0.730. The van der Waals surface area contributed by atoms with Gasteiger partial charge in [-0.3, -0.25) is 4.98 Å². The van der Waals surface area contributed by atoms with E-state index in [1.807, 2.05) is 42.9 Å². The summed E-state index contributed by atoms with van der Waals surface area (Å²) < 4.78 is 5.87. The molecule has 4 nitrogen and oxygen atoms in total. The molecule has 0 fully saturated rings. The van der Waals surface area contributed by atoms with Crippen LogP contribution >= 0.6 is 0 Å². The second kappa shape index (κ2) is 15.2. The normalized spacial score (nSPS) is 11.0. The van der Waals surface area contributed by atoms with Crippen molar-refractivity contribution < 1.29 is 4.74 Å². The van der Waals surface area contributed by atoms with Gasteiger partial charge in [0.05, 0.1) is 12.3 Å². The number of aryl methyl sites for hydroxylation is 1. The molecule has 0 radical (unpaired) electrons. The van der Waals surface area contributed by atoms with Crippen LogP contribution in [-0.4, -0.2) is 21.6 Å². The van der Waals surface area contributed by atoms with Gasteiger partial charge in [0.1, 0.15) is 5.75 Å². The van der Waals surface area contributed by atoms with Gasteiger partial charge in [-0.2, -0.15) is 0 Å². The van der Waals surface area contributed by atoms with Gasteiger partial charge >= 0.3 is 0 Å². The summed E-state index contributed by atoms with van der Waals surface area (Å²) in [5.74, 6) is 1.65. The molecule has 3 rings (SSSR count). The maximum atomic E-state index is 5.87. The molecule has 3 aromatic rings.